The number of hydrogen-bond acceptors (Lipinski definition) is 6. The van der Waals surface area contributed by atoms with Gasteiger partial charge in [0, 0.05) is 6.54 Å². The molecule has 1 fully saturated rings. The lowest BCUT2D eigenvalue weighted by Gasteiger charge is -2.26. The first-order chi connectivity index (χ1) is 11.7. The SMILES string of the molecule is CC(C)[C@H](NC(=O)[C@H](CO)NC(=O)[C@@H]1CCCN1C(=O)CN)C(=O)O. The van der Waals surface area contributed by atoms with Crippen LogP contribution >= 0.6 is 0 Å². The number of aliphatic hydroxyl groups excluding tert-OH is 1. The van der Waals surface area contributed by atoms with Gasteiger partial charge in [-0.2, -0.15) is 0 Å². The number of hydrogen-bond donors (Lipinski definition) is 5. The Bertz CT molecular complexity index is 524. The molecule has 0 aromatic rings. The van der Waals surface area contributed by atoms with Gasteiger partial charge in [-0.3, -0.25) is 14.4 Å². The number of aliphatic carboxylic acids is 1. The molecule has 3 atom stereocenters. The zero-order valence-corrected chi connectivity index (χ0v) is 14.4. The zero-order chi connectivity index (χ0) is 19.1. The molecular weight excluding hydrogens is 332 g/mol. The fourth-order valence-electron chi connectivity index (χ4n) is 2.68. The summed E-state index contributed by atoms with van der Waals surface area (Å²) in [5.41, 5.74) is 5.32. The monoisotopic (exact) mass is 358 g/mol. The van der Waals surface area contributed by atoms with Crippen LogP contribution in [-0.2, 0) is 19.2 Å². The average Bonchev–Trinajstić information content (AvgIpc) is 3.05. The molecule has 0 unspecified atom stereocenters. The molecule has 25 heavy (non-hydrogen) atoms. The largest absolute Gasteiger partial charge is 0.480 e. The van der Waals surface area contributed by atoms with Gasteiger partial charge in [-0.1, -0.05) is 13.8 Å². The average molecular weight is 358 g/mol. The first-order valence-corrected chi connectivity index (χ1v) is 8.16. The van der Waals surface area contributed by atoms with Crippen molar-refractivity contribution in [3.63, 3.8) is 0 Å². The summed E-state index contributed by atoms with van der Waals surface area (Å²) in [5, 5.41) is 23.1. The van der Waals surface area contributed by atoms with Gasteiger partial charge < -0.3 is 31.5 Å². The molecule has 0 aromatic heterocycles. The summed E-state index contributed by atoms with van der Waals surface area (Å²) in [5.74, 6) is -3.32. The van der Waals surface area contributed by atoms with Gasteiger partial charge in [0.15, 0.2) is 0 Å². The van der Waals surface area contributed by atoms with E-state index in [0.29, 0.717) is 19.4 Å². The molecule has 10 nitrogen and oxygen atoms in total. The quantitative estimate of drug-likeness (QED) is 0.324. The lowest BCUT2D eigenvalue weighted by Crippen LogP contribution is -2.57. The maximum absolute atomic E-state index is 12.4. The van der Waals surface area contributed by atoms with Crippen LogP contribution in [0.1, 0.15) is 26.7 Å². The number of nitrogens with two attached hydrogens (primary N) is 1. The molecule has 1 rings (SSSR count). The van der Waals surface area contributed by atoms with Crippen molar-refractivity contribution in [2.24, 2.45) is 11.7 Å². The molecule has 1 saturated heterocycles. The summed E-state index contributed by atoms with van der Waals surface area (Å²) in [6.45, 7) is 2.74. The Morgan fingerprint density at radius 2 is 1.88 bits per heavy atom. The fraction of sp³-hybridized carbons (Fsp3) is 0.733. The number of likely N-dealkylation sites (tertiary alicyclic amines) is 1. The lowest BCUT2D eigenvalue weighted by molar-refractivity contribution is -0.144. The van der Waals surface area contributed by atoms with Crippen molar-refractivity contribution in [2.45, 2.75) is 44.8 Å². The van der Waals surface area contributed by atoms with Crippen molar-refractivity contribution >= 4 is 23.7 Å². The van der Waals surface area contributed by atoms with Crippen LogP contribution in [0.3, 0.4) is 0 Å². The molecule has 10 heteroatoms. The van der Waals surface area contributed by atoms with Gasteiger partial charge in [0.1, 0.15) is 18.1 Å². The lowest BCUT2D eigenvalue weighted by atomic mass is 10.0. The highest BCUT2D eigenvalue weighted by Crippen LogP contribution is 2.17. The number of nitrogens with one attached hydrogen (secondary N) is 2. The normalized spacial score (nSPS) is 19.4. The molecule has 0 aromatic carbocycles. The Kier molecular flexibility index (Phi) is 7.78. The Hall–Kier alpha value is -2.20. The van der Waals surface area contributed by atoms with Gasteiger partial charge in [0.25, 0.3) is 0 Å². The molecule has 1 aliphatic rings. The summed E-state index contributed by atoms with van der Waals surface area (Å²) in [7, 11) is 0. The van der Waals surface area contributed by atoms with Crippen LogP contribution in [0.4, 0.5) is 0 Å². The van der Waals surface area contributed by atoms with Crippen molar-refractivity contribution < 1.29 is 29.4 Å². The smallest absolute Gasteiger partial charge is 0.326 e. The molecule has 0 radical (unpaired) electrons. The van der Waals surface area contributed by atoms with Crippen molar-refractivity contribution in [3.05, 3.63) is 0 Å². The van der Waals surface area contributed by atoms with E-state index in [1.165, 1.54) is 4.90 Å². The van der Waals surface area contributed by atoms with E-state index in [-0.39, 0.29) is 18.4 Å². The van der Waals surface area contributed by atoms with Crippen LogP contribution < -0.4 is 16.4 Å². The van der Waals surface area contributed by atoms with Crippen LogP contribution in [0.5, 0.6) is 0 Å². The van der Waals surface area contributed by atoms with E-state index >= 15 is 0 Å². The summed E-state index contributed by atoms with van der Waals surface area (Å²) >= 11 is 0. The van der Waals surface area contributed by atoms with E-state index in [4.69, 9.17) is 10.8 Å². The van der Waals surface area contributed by atoms with Crippen molar-refractivity contribution in [2.75, 3.05) is 19.7 Å². The Balaban J connectivity index is 2.74. The van der Waals surface area contributed by atoms with Gasteiger partial charge in [0.05, 0.1) is 13.2 Å². The van der Waals surface area contributed by atoms with Gasteiger partial charge in [-0.05, 0) is 18.8 Å². The third-order valence-electron chi connectivity index (χ3n) is 4.10. The molecule has 1 aliphatic heterocycles. The molecular formula is C15H26N4O6. The number of rotatable bonds is 8. The molecule has 0 aliphatic carbocycles. The molecule has 0 saturated carbocycles. The van der Waals surface area contributed by atoms with Gasteiger partial charge in [-0.15, -0.1) is 0 Å². The van der Waals surface area contributed by atoms with E-state index in [1.54, 1.807) is 13.8 Å². The third-order valence-corrected chi connectivity index (χ3v) is 4.10. The highest BCUT2D eigenvalue weighted by Gasteiger charge is 2.36. The Labute approximate surface area is 145 Å². The van der Waals surface area contributed by atoms with Gasteiger partial charge >= 0.3 is 5.97 Å². The van der Waals surface area contributed by atoms with E-state index in [9.17, 15) is 24.3 Å². The molecule has 0 spiro atoms. The maximum Gasteiger partial charge on any atom is 0.326 e. The number of carboxylic acid groups (broad SMARTS) is 1. The molecule has 0 bridgehead atoms. The van der Waals surface area contributed by atoms with E-state index in [0.717, 1.165) is 0 Å². The number of nitrogens with zero attached hydrogens (tertiary/aromatic N) is 1. The zero-order valence-electron chi connectivity index (χ0n) is 14.4. The molecule has 142 valence electrons. The van der Waals surface area contributed by atoms with Crippen LogP contribution in [-0.4, -0.2) is 76.6 Å². The molecule has 6 N–H and O–H groups in total. The molecule has 3 amide bonds. The number of aliphatic hydroxyl groups is 1. The third kappa shape index (κ3) is 5.40. The minimum Gasteiger partial charge on any atom is -0.480 e. The number of carbonyl (C=O) groups excluding carboxylic acids is 3. The summed E-state index contributed by atoms with van der Waals surface area (Å²) in [6, 6.07) is -3.19. The van der Waals surface area contributed by atoms with Crippen LogP contribution in [0.15, 0.2) is 0 Å². The van der Waals surface area contributed by atoms with Crippen molar-refractivity contribution in [1.82, 2.24) is 15.5 Å². The maximum atomic E-state index is 12.4. The summed E-state index contributed by atoms with van der Waals surface area (Å²) in [4.78, 5) is 48.7. The van der Waals surface area contributed by atoms with Crippen molar-refractivity contribution in [1.29, 1.82) is 0 Å². The second kappa shape index (κ2) is 9.33. The summed E-state index contributed by atoms with van der Waals surface area (Å²) in [6.07, 6.45) is 1.06. The standard InChI is InChI=1S/C15H26N4O6/c1-8(2)12(15(24)25)18-13(22)9(7-20)17-14(23)10-4-3-5-19(10)11(21)6-16/h8-10,12,20H,3-7,16H2,1-2H3,(H,17,23)(H,18,22)(H,24,25)/t9-,10-,12-/m0/s1. The Morgan fingerprint density at radius 3 is 2.36 bits per heavy atom. The summed E-state index contributed by atoms with van der Waals surface area (Å²) < 4.78 is 0. The predicted molar refractivity (Wildman–Crippen MR) is 87.2 cm³/mol. The number of carboxylic acids is 1. The van der Waals surface area contributed by atoms with E-state index < -0.39 is 42.5 Å². The van der Waals surface area contributed by atoms with Gasteiger partial charge in [0.2, 0.25) is 17.7 Å². The number of carbonyl (C=O) groups is 4. The highest BCUT2D eigenvalue weighted by atomic mass is 16.4. The minimum atomic E-state index is -1.30. The predicted octanol–water partition coefficient (Wildman–Crippen LogP) is -2.36. The first kappa shape index (κ1) is 20.8. The van der Waals surface area contributed by atoms with Crippen LogP contribution in [0.2, 0.25) is 0 Å². The highest BCUT2D eigenvalue weighted by molar-refractivity contribution is 5.94. The Morgan fingerprint density at radius 1 is 1.24 bits per heavy atom. The molecule has 1 heterocycles. The minimum absolute atomic E-state index is 0.220. The van der Waals surface area contributed by atoms with E-state index in [2.05, 4.69) is 10.6 Å². The van der Waals surface area contributed by atoms with Crippen LogP contribution in [0.25, 0.3) is 0 Å². The second-order valence-corrected chi connectivity index (χ2v) is 6.26. The van der Waals surface area contributed by atoms with Gasteiger partial charge in [-0.25, -0.2) is 4.79 Å². The topological polar surface area (TPSA) is 162 Å². The second-order valence-electron chi connectivity index (χ2n) is 6.26. The first-order valence-electron chi connectivity index (χ1n) is 8.16. The van der Waals surface area contributed by atoms with Crippen molar-refractivity contribution in [3.8, 4) is 0 Å². The fourth-order valence-corrected chi connectivity index (χ4v) is 2.68. The van der Waals surface area contributed by atoms with Crippen LogP contribution in [0, 0.1) is 5.92 Å². The van der Waals surface area contributed by atoms with E-state index in [1.807, 2.05) is 0 Å². The number of amides is 3.